The Balaban J connectivity index is 1.82. The highest BCUT2D eigenvalue weighted by Crippen LogP contribution is 2.26. The van der Waals surface area contributed by atoms with Crippen LogP contribution in [0.15, 0.2) is 0 Å². The number of primary amides is 1. The van der Waals surface area contributed by atoms with E-state index in [2.05, 4.69) is 24.1 Å². The summed E-state index contributed by atoms with van der Waals surface area (Å²) in [5.41, 5.74) is 5.38. The minimum Gasteiger partial charge on any atom is -0.369 e. The van der Waals surface area contributed by atoms with Crippen molar-refractivity contribution in [1.29, 1.82) is 0 Å². The van der Waals surface area contributed by atoms with Crippen molar-refractivity contribution < 1.29 is 4.79 Å². The maximum absolute atomic E-state index is 11.2. The average molecular weight is 295 g/mol. The minimum atomic E-state index is -0.203. The van der Waals surface area contributed by atoms with Gasteiger partial charge in [-0.1, -0.05) is 33.1 Å². The van der Waals surface area contributed by atoms with Gasteiger partial charge >= 0.3 is 0 Å². The Hall–Kier alpha value is -0.610. The zero-order valence-corrected chi connectivity index (χ0v) is 13.8. The molecular weight excluding hydrogens is 262 g/mol. The topological polar surface area (TPSA) is 58.4 Å². The molecular formula is C17H33N3O. The summed E-state index contributed by atoms with van der Waals surface area (Å²) in [4.78, 5) is 13.5. The Morgan fingerprint density at radius 3 is 2.57 bits per heavy atom. The molecule has 1 aliphatic heterocycles. The molecule has 4 heteroatoms. The van der Waals surface area contributed by atoms with Crippen LogP contribution in [0.1, 0.15) is 52.4 Å². The van der Waals surface area contributed by atoms with Gasteiger partial charge < -0.3 is 11.1 Å². The molecule has 0 aromatic rings. The standard InChI is InChI=1S/C17H33N3O/c1-13(2)15-8-16(11-20(10-15)12-17(18)21)19-9-14-6-4-3-5-7-14/h13-16,19H,3-12H2,1-2H3,(H2,18,21). The summed E-state index contributed by atoms with van der Waals surface area (Å²) in [5.74, 6) is 2.00. The van der Waals surface area contributed by atoms with Gasteiger partial charge in [0.05, 0.1) is 6.54 Å². The van der Waals surface area contributed by atoms with Crippen molar-refractivity contribution in [2.45, 2.75) is 58.4 Å². The fourth-order valence-electron chi connectivity index (χ4n) is 3.94. The van der Waals surface area contributed by atoms with Crippen molar-refractivity contribution in [1.82, 2.24) is 10.2 Å². The molecule has 0 bridgehead atoms. The fraction of sp³-hybridized carbons (Fsp3) is 0.941. The molecule has 2 atom stereocenters. The molecule has 1 saturated heterocycles. The maximum Gasteiger partial charge on any atom is 0.231 e. The zero-order valence-electron chi connectivity index (χ0n) is 13.8. The lowest BCUT2D eigenvalue weighted by molar-refractivity contribution is -0.119. The SMILES string of the molecule is CC(C)C1CC(NCC2CCCCC2)CN(CC(N)=O)C1. The molecule has 0 spiro atoms. The van der Waals surface area contributed by atoms with Crippen molar-refractivity contribution in [3.63, 3.8) is 0 Å². The van der Waals surface area contributed by atoms with Gasteiger partial charge in [-0.05, 0) is 43.6 Å². The van der Waals surface area contributed by atoms with E-state index in [0.29, 0.717) is 24.4 Å². The van der Waals surface area contributed by atoms with E-state index in [1.807, 2.05) is 0 Å². The monoisotopic (exact) mass is 295 g/mol. The number of nitrogens with one attached hydrogen (secondary N) is 1. The van der Waals surface area contributed by atoms with Crippen LogP contribution >= 0.6 is 0 Å². The van der Waals surface area contributed by atoms with E-state index in [0.717, 1.165) is 25.6 Å². The zero-order chi connectivity index (χ0) is 15.2. The lowest BCUT2D eigenvalue weighted by Crippen LogP contribution is -2.52. The number of hydrogen-bond acceptors (Lipinski definition) is 3. The first kappa shape index (κ1) is 16.8. The number of nitrogens with zero attached hydrogens (tertiary/aromatic N) is 1. The van der Waals surface area contributed by atoms with Gasteiger partial charge in [0.1, 0.15) is 0 Å². The molecule has 21 heavy (non-hydrogen) atoms. The number of likely N-dealkylation sites (tertiary alicyclic amines) is 1. The first-order valence-electron chi connectivity index (χ1n) is 8.78. The lowest BCUT2D eigenvalue weighted by atomic mass is 9.84. The molecule has 2 unspecified atom stereocenters. The van der Waals surface area contributed by atoms with Crippen LogP contribution < -0.4 is 11.1 Å². The van der Waals surface area contributed by atoms with Gasteiger partial charge in [-0.2, -0.15) is 0 Å². The first-order valence-corrected chi connectivity index (χ1v) is 8.78. The minimum absolute atomic E-state index is 0.203. The number of amides is 1. The molecule has 2 fully saturated rings. The first-order chi connectivity index (χ1) is 10.0. The molecule has 0 aromatic heterocycles. The molecule has 1 heterocycles. The second-order valence-electron chi connectivity index (χ2n) is 7.51. The highest BCUT2D eigenvalue weighted by atomic mass is 16.1. The summed E-state index contributed by atoms with van der Waals surface area (Å²) in [6.07, 6.45) is 8.23. The van der Waals surface area contributed by atoms with E-state index >= 15 is 0 Å². The Labute approximate surface area is 129 Å². The molecule has 122 valence electrons. The molecule has 2 rings (SSSR count). The number of nitrogens with two attached hydrogens (primary N) is 1. The van der Waals surface area contributed by atoms with E-state index in [1.54, 1.807) is 0 Å². The molecule has 1 saturated carbocycles. The Morgan fingerprint density at radius 1 is 1.24 bits per heavy atom. The molecule has 0 aromatic carbocycles. The van der Waals surface area contributed by atoms with Crippen LogP contribution in [0.3, 0.4) is 0 Å². The predicted octanol–water partition coefficient (Wildman–Crippen LogP) is 1.99. The normalized spacial score (nSPS) is 28.9. The van der Waals surface area contributed by atoms with E-state index in [-0.39, 0.29) is 5.91 Å². The lowest BCUT2D eigenvalue weighted by Gasteiger charge is -2.40. The maximum atomic E-state index is 11.2. The Morgan fingerprint density at radius 2 is 1.95 bits per heavy atom. The van der Waals surface area contributed by atoms with E-state index in [9.17, 15) is 4.79 Å². The molecule has 2 aliphatic rings. The van der Waals surface area contributed by atoms with Crippen molar-refractivity contribution >= 4 is 5.91 Å². The number of carbonyl (C=O) groups is 1. The third-order valence-electron chi connectivity index (χ3n) is 5.30. The predicted molar refractivity (Wildman–Crippen MR) is 86.9 cm³/mol. The Bertz CT molecular complexity index is 326. The number of piperidine rings is 1. The van der Waals surface area contributed by atoms with E-state index < -0.39 is 0 Å². The van der Waals surface area contributed by atoms with Gasteiger partial charge in [-0.3, -0.25) is 9.69 Å². The second-order valence-corrected chi connectivity index (χ2v) is 7.51. The summed E-state index contributed by atoms with van der Waals surface area (Å²) in [6.45, 7) is 8.12. The summed E-state index contributed by atoms with van der Waals surface area (Å²) < 4.78 is 0. The van der Waals surface area contributed by atoms with Gasteiger partial charge in [0.25, 0.3) is 0 Å². The average Bonchev–Trinajstić information content (AvgIpc) is 2.45. The molecule has 0 radical (unpaired) electrons. The summed E-state index contributed by atoms with van der Waals surface area (Å²) >= 11 is 0. The number of carbonyl (C=O) groups excluding carboxylic acids is 1. The van der Waals surface area contributed by atoms with Crippen molar-refractivity contribution in [3.8, 4) is 0 Å². The Kier molecular flexibility index (Phi) is 6.49. The third-order valence-corrected chi connectivity index (χ3v) is 5.30. The van der Waals surface area contributed by atoms with Crippen molar-refractivity contribution in [3.05, 3.63) is 0 Å². The summed E-state index contributed by atoms with van der Waals surface area (Å²) in [5, 5.41) is 3.79. The third kappa shape index (κ3) is 5.59. The van der Waals surface area contributed by atoms with Crippen LogP contribution in [0.25, 0.3) is 0 Å². The van der Waals surface area contributed by atoms with Gasteiger partial charge in [0, 0.05) is 19.1 Å². The highest BCUT2D eigenvalue weighted by Gasteiger charge is 2.29. The van der Waals surface area contributed by atoms with Gasteiger partial charge in [-0.25, -0.2) is 0 Å². The van der Waals surface area contributed by atoms with Crippen molar-refractivity contribution in [2.75, 3.05) is 26.2 Å². The van der Waals surface area contributed by atoms with Crippen LogP contribution in [0.4, 0.5) is 0 Å². The number of rotatable bonds is 6. The van der Waals surface area contributed by atoms with Crippen LogP contribution in [0.5, 0.6) is 0 Å². The van der Waals surface area contributed by atoms with Gasteiger partial charge in [0.2, 0.25) is 5.91 Å². The van der Waals surface area contributed by atoms with E-state index in [1.165, 1.54) is 38.5 Å². The van der Waals surface area contributed by atoms with Crippen LogP contribution in [-0.4, -0.2) is 43.0 Å². The number of hydrogen-bond donors (Lipinski definition) is 2. The largest absolute Gasteiger partial charge is 0.369 e. The summed E-state index contributed by atoms with van der Waals surface area (Å²) in [6, 6.07) is 0.521. The second kappa shape index (κ2) is 8.14. The van der Waals surface area contributed by atoms with Gasteiger partial charge in [-0.15, -0.1) is 0 Å². The molecule has 1 amide bonds. The van der Waals surface area contributed by atoms with Crippen LogP contribution in [-0.2, 0) is 4.79 Å². The summed E-state index contributed by atoms with van der Waals surface area (Å²) in [7, 11) is 0. The smallest absolute Gasteiger partial charge is 0.231 e. The molecule has 1 aliphatic carbocycles. The molecule has 4 nitrogen and oxygen atoms in total. The van der Waals surface area contributed by atoms with E-state index in [4.69, 9.17) is 5.73 Å². The van der Waals surface area contributed by atoms with Gasteiger partial charge in [0.15, 0.2) is 0 Å². The highest BCUT2D eigenvalue weighted by molar-refractivity contribution is 5.75. The fourth-order valence-corrected chi connectivity index (χ4v) is 3.94. The quantitative estimate of drug-likeness (QED) is 0.788. The van der Waals surface area contributed by atoms with Crippen molar-refractivity contribution in [2.24, 2.45) is 23.5 Å². The van der Waals surface area contributed by atoms with Crippen LogP contribution in [0, 0.1) is 17.8 Å². The molecule has 3 N–H and O–H groups in total. The van der Waals surface area contributed by atoms with Crippen LogP contribution in [0.2, 0.25) is 0 Å².